The van der Waals surface area contributed by atoms with Crippen LogP contribution in [0.25, 0.3) is 0 Å². The van der Waals surface area contributed by atoms with Crippen molar-refractivity contribution in [3.05, 3.63) is 0 Å². The fourth-order valence-corrected chi connectivity index (χ4v) is 0.882. The smallest absolute Gasteiger partial charge is 0.300 e. The molecule has 0 unspecified atom stereocenters. The van der Waals surface area contributed by atoms with Gasteiger partial charge in [-0.15, -0.1) is 0 Å². The molecule has 0 aromatic rings. The SMILES string of the molecule is CC(=O)O.CC(=O)O.CC(=O)O.NCCNCCC[SiH3]. The van der Waals surface area contributed by atoms with Crippen molar-refractivity contribution < 1.29 is 29.7 Å². The van der Waals surface area contributed by atoms with Crippen molar-refractivity contribution in [1.29, 1.82) is 0 Å². The van der Waals surface area contributed by atoms with E-state index in [0.29, 0.717) is 0 Å². The Kier molecular flexibility index (Phi) is 35.3. The Bertz CT molecular complexity index is 192. The van der Waals surface area contributed by atoms with Crippen LogP contribution in [0.1, 0.15) is 27.2 Å². The summed E-state index contributed by atoms with van der Waals surface area (Å²) in [7, 11) is 1.34. The standard InChI is InChI=1S/C5H16N2Si.3C2H4O2/c6-2-4-7-3-1-5-8;3*1-2(3)4/h7H,1-6H2,8H3;3*1H3,(H,3,4). The largest absolute Gasteiger partial charge is 0.481 e. The monoisotopic (exact) mass is 312 g/mol. The molecule has 0 saturated heterocycles. The Labute approximate surface area is 122 Å². The average Bonchev–Trinajstić information content (AvgIpc) is 2.22. The van der Waals surface area contributed by atoms with Gasteiger partial charge in [0.2, 0.25) is 0 Å². The molecule has 0 amide bonds. The minimum Gasteiger partial charge on any atom is -0.481 e. The Morgan fingerprint density at radius 2 is 1.25 bits per heavy atom. The molecule has 0 rings (SSSR count). The van der Waals surface area contributed by atoms with E-state index >= 15 is 0 Å². The van der Waals surface area contributed by atoms with Gasteiger partial charge < -0.3 is 26.4 Å². The van der Waals surface area contributed by atoms with Gasteiger partial charge in [0.15, 0.2) is 0 Å². The van der Waals surface area contributed by atoms with Crippen LogP contribution >= 0.6 is 0 Å². The van der Waals surface area contributed by atoms with Crippen molar-refractivity contribution in [2.45, 2.75) is 33.2 Å². The molecule has 0 aromatic heterocycles. The lowest BCUT2D eigenvalue weighted by atomic mass is 10.5. The molecule has 9 heteroatoms. The molecule has 0 aliphatic carbocycles. The first-order chi connectivity index (χ1) is 9.11. The van der Waals surface area contributed by atoms with Crippen LogP contribution in [-0.4, -0.2) is 63.1 Å². The first-order valence-electron chi connectivity index (χ1n) is 6.11. The van der Waals surface area contributed by atoms with Crippen molar-refractivity contribution in [3.8, 4) is 0 Å². The van der Waals surface area contributed by atoms with Gasteiger partial charge in [-0.1, -0.05) is 6.04 Å². The van der Waals surface area contributed by atoms with E-state index in [2.05, 4.69) is 5.32 Å². The predicted octanol–water partition coefficient (Wildman–Crippen LogP) is -1.02. The Morgan fingerprint density at radius 3 is 1.45 bits per heavy atom. The first kappa shape index (κ1) is 27.0. The second-order valence-electron chi connectivity index (χ2n) is 3.45. The van der Waals surface area contributed by atoms with Gasteiger partial charge in [-0.05, 0) is 13.0 Å². The summed E-state index contributed by atoms with van der Waals surface area (Å²) in [5.74, 6) is -2.50. The van der Waals surface area contributed by atoms with Gasteiger partial charge in [0.25, 0.3) is 17.9 Å². The van der Waals surface area contributed by atoms with Crippen LogP contribution < -0.4 is 11.1 Å². The lowest BCUT2D eigenvalue weighted by molar-refractivity contribution is -0.135. The van der Waals surface area contributed by atoms with Crippen LogP contribution in [0.3, 0.4) is 0 Å². The highest BCUT2D eigenvalue weighted by Crippen LogP contribution is 1.78. The average molecular weight is 312 g/mol. The topological polar surface area (TPSA) is 150 Å². The summed E-state index contributed by atoms with van der Waals surface area (Å²) in [6.45, 7) is 6.14. The molecular weight excluding hydrogens is 284 g/mol. The fraction of sp³-hybridized carbons (Fsp3) is 0.727. The van der Waals surface area contributed by atoms with Gasteiger partial charge in [0.1, 0.15) is 0 Å². The molecule has 0 saturated carbocycles. The maximum Gasteiger partial charge on any atom is 0.300 e. The van der Waals surface area contributed by atoms with Crippen LogP contribution in [0.5, 0.6) is 0 Å². The molecule has 0 aliphatic heterocycles. The molecule has 20 heavy (non-hydrogen) atoms. The van der Waals surface area contributed by atoms with Crippen LogP contribution in [0.2, 0.25) is 6.04 Å². The molecule has 0 aromatic carbocycles. The molecule has 122 valence electrons. The zero-order chi connectivity index (χ0) is 17.0. The normalized spacial score (nSPS) is 7.80. The number of carboxylic acids is 3. The zero-order valence-electron chi connectivity index (χ0n) is 12.7. The highest BCUT2D eigenvalue weighted by molar-refractivity contribution is 6.08. The number of nitrogens with one attached hydrogen (secondary N) is 1. The van der Waals surface area contributed by atoms with Gasteiger partial charge in [-0.3, -0.25) is 14.4 Å². The summed E-state index contributed by atoms with van der Waals surface area (Å²) in [4.78, 5) is 27.0. The molecule has 8 nitrogen and oxygen atoms in total. The molecule has 0 bridgehead atoms. The fourth-order valence-electron chi connectivity index (χ4n) is 0.529. The van der Waals surface area contributed by atoms with Crippen LogP contribution in [-0.2, 0) is 14.4 Å². The zero-order valence-corrected chi connectivity index (χ0v) is 14.7. The van der Waals surface area contributed by atoms with Gasteiger partial charge in [-0.2, -0.15) is 0 Å². The summed E-state index contributed by atoms with van der Waals surface area (Å²) < 4.78 is 0. The van der Waals surface area contributed by atoms with Crippen molar-refractivity contribution in [1.82, 2.24) is 5.32 Å². The number of carboxylic acid groups (broad SMARTS) is 3. The number of hydrogen-bond donors (Lipinski definition) is 5. The third-order valence-electron chi connectivity index (χ3n) is 1.03. The maximum atomic E-state index is 9.00. The Morgan fingerprint density at radius 1 is 0.950 bits per heavy atom. The van der Waals surface area contributed by atoms with Crippen LogP contribution in [0.15, 0.2) is 0 Å². The van der Waals surface area contributed by atoms with Crippen molar-refractivity contribution in [3.63, 3.8) is 0 Å². The molecule has 0 heterocycles. The van der Waals surface area contributed by atoms with Crippen LogP contribution in [0.4, 0.5) is 0 Å². The van der Waals surface area contributed by atoms with Crippen molar-refractivity contribution in [2.75, 3.05) is 19.6 Å². The number of hydrogen-bond acceptors (Lipinski definition) is 5. The van der Waals surface area contributed by atoms with Crippen molar-refractivity contribution in [2.24, 2.45) is 5.73 Å². The lowest BCUT2D eigenvalue weighted by Crippen LogP contribution is -2.23. The third kappa shape index (κ3) is 318. The second-order valence-corrected chi connectivity index (χ2v) is 4.45. The van der Waals surface area contributed by atoms with Crippen LogP contribution in [0, 0.1) is 0 Å². The minimum absolute atomic E-state index is 0.765. The Hall–Kier alpha value is -1.45. The number of aliphatic carboxylic acids is 3. The summed E-state index contributed by atoms with van der Waals surface area (Å²) in [5.41, 5.74) is 5.26. The van der Waals surface area contributed by atoms with E-state index in [1.807, 2.05) is 0 Å². The predicted molar refractivity (Wildman–Crippen MR) is 81.2 cm³/mol. The lowest BCUT2D eigenvalue weighted by Gasteiger charge is -1.98. The van der Waals surface area contributed by atoms with E-state index in [4.69, 9.17) is 35.4 Å². The first-order valence-corrected chi connectivity index (χ1v) is 7.52. The summed E-state index contributed by atoms with van der Waals surface area (Å²) in [5, 5.41) is 25.5. The molecule has 0 atom stereocenters. The van der Waals surface area contributed by atoms with E-state index in [1.54, 1.807) is 0 Å². The molecule has 0 radical (unpaired) electrons. The summed E-state index contributed by atoms with van der Waals surface area (Å²) in [6, 6.07) is 1.40. The minimum atomic E-state index is -0.833. The van der Waals surface area contributed by atoms with E-state index in [0.717, 1.165) is 40.4 Å². The van der Waals surface area contributed by atoms with Gasteiger partial charge in [0.05, 0.1) is 0 Å². The summed E-state index contributed by atoms with van der Waals surface area (Å²) >= 11 is 0. The van der Waals surface area contributed by atoms with E-state index in [9.17, 15) is 0 Å². The van der Waals surface area contributed by atoms with Gasteiger partial charge in [-0.25, -0.2) is 0 Å². The van der Waals surface area contributed by atoms with Gasteiger partial charge >= 0.3 is 0 Å². The number of rotatable bonds is 5. The third-order valence-corrected chi connectivity index (χ3v) is 1.74. The summed E-state index contributed by atoms with van der Waals surface area (Å²) in [6.07, 6.45) is 1.33. The molecule has 6 N–H and O–H groups in total. The van der Waals surface area contributed by atoms with E-state index < -0.39 is 17.9 Å². The highest BCUT2D eigenvalue weighted by Gasteiger charge is 1.80. The van der Waals surface area contributed by atoms with E-state index in [-0.39, 0.29) is 0 Å². The molecule has 0 aliphatic rings. The number of carbonyl (C=O) groups is 3. The molecule has 0 spiro atoms. The quantitative estimate of drug-likeness (QED) is 0.320. The maximum absolute atomic E-state index is 9.00. The molecular formula is C11H28N2O6Si. The second kappa shape index (κ2) is 26.2. The highest BCUT2D eigenvalue weighted by atomic mass is 28.1. The van der Waals surface area contributed by atoms with Crippen molar-refractivity contribution >= 4 is 28.2 Å². The van der Waals surface area contributed by atoms with Gasteiger partial charge in [0, 0.05) is 44.1 Å². The van der Waals surface area contributed by atoms with E-state index in [1.165, 1.54) is 22.7 Å². The molecule has 0 fully saturated rings. The number of nitrogens with two attached hydrogens (primary N) is 1. The Balaban J connectivity index is -0.0000000917.